The van der Waals surface area contributed by atoms with Gasteiger partial charge in [-0.2, -0.15) is 0 Å². The molecule has 0 unspecified atom stereocenters. The Morgan fingerprint density at radius 2 is 1.75 bits per heavy atom. The van der Waals surface area contributed by atoms with E-state index in [4.69, 9.17) is 0 Å². The normalized spacial score (nSPS) is 16.2. The van der Waals surface area contributed by atoms with Crippen LogP contribution in [0.5, 0.6) is 0 Å². The molecule has 2 aromatic rings. The number of imide groups is 1. The number of aryl methyl sites for hydroxylation is 1. The summed E-state index contributed by atoms with van der Waals surface area (Å²) < 4.78 is 39.8. The van der Waals surface area contributed by atoms with E-state index < -0.39 is 53.6 Å². The number of anilines is 1. The Hall–Kier alpha value is -3.36. The second-order valence-corrected chi connectivity index (χ2v) is 6.22. The van der Waals surface area contributed by atoms with Crippen molar-refractivity contribution in [2.45, 2.75) is 18.9 Å². The van der Waals surface area contributed by atoms with Crippen molar-refractivity contribution in [3.63, 3.8) is 0 Å². The molecule has 1 aliphatic rings. The van der Waals surface area contributed by atoms with Gasteiger partial charge in [0.15, 0.2) is 17.5 Å². The summed E-state index contributed by atoms with van der Waals surface area (Å²) in [4.78, 5) is 37.1. The molecule has 0 spiro atoms. The number of halogens is 3. The smallest absolute Gasteiger partial charge is 0.325 e. The van der Waals surface area contributed by atoms with E-state index in [0.29, 0.717) is 23.8 Å². The van der Waals surface area contributed by atoms with Gasteiger partial charge in [-0.25, -0.2) is 18.0 Å². The Labute approximate surface area is 158 Å². The number of nitrogens with one attached hydrogen (secondary N) is 2. The predicted molar refractivity (Wildman–Crippen MR) is 93.7 cm³/mol. The van der Waals surface area contributed by atoms with Gasteiger partial charge in [0.1, 0.15) is 12.6 Å². The molecule has 0 radical (unpaired) electrons. The number of nitrogens with zero attached hydrogens (tertiary/aromatic N) is 1. The van der Waals surface area contributed by atoms with Crippen LogP contribution in [0.3, 0.4) is 0 Å². The van der Waals surface area contributed by atoms with Gasteiger partial charge in [0.05, 0.1) is 5.69 Å². The van der Waals surface area contributed by atoms with Crippen LogP contribution in [0.15, 0.2) is 42.5 Å². The van der Waals surface area contributed by atoms with E-state index in [9.17, 15) is 27.6 Å². The molecule has 146 valence electrons. The van der Waals surface area contributed by atoms with Crippen molar-refractivity contribution in [3.8, 4) is 0 Å². The molecule has 2 aromatic carbocycles. The number of carbonyl (C=O) groups is 3. The van der Waals surface area contributed by atoms with E-state index in [0.717, 1.165) is 11.6 Å². The highest BCUT2D eigenvalue weighted by molar-refractivity contribution is 6.07. The fourth-order valence-corrected chi connectivity index (χ4v) is 2.83. The number of rotatable bonds is 6. The molecule has 1 atom stereocenters. The fourth-order valence-electron chi connectivity index (χ4n) is 2.83. The number of carbonyl (C=O) groups excluding carboxylic acids is 3. The third kappa shape index (κ3) is 4.13. The zero-order valence-corrected chi connectivity index (χ0v) is 14.5. The zero-order valence-electron chi connectivity index (χ0n) is 14.5. The van der Waals surface area contributed by atoms with Gasteiger partial charge >= 0.3 is 6.03 Å². The molecule has 6 nitrogen and oxygen atoms in total. The molecule has 4 amide bonds. The van der Waals surface area contributed by atoms with Crippen LogP contribution in [0.1, 0.15) is 12.0 Å². The Bertz CT molecular complexity index is 921. The van der Waals surface area contributed by atoms with E-state index in [1.54, 1.807) is 0 Å². The zero-order chi connectivity index (χ0) is 20.3. The number of urea groups is 1. The summed E-state index contributed by atoms with van der Waals surface area (Å²) in [6.07, 6.45) is 0.905. The summed E-state index contributed by atoms with van der Waals surface area (Å²) in [5.41, 5.74) is 0.408. The Morgan fingerprint density at radius 3 is 2.46 bits per heavy atom. The lowest BCUT2D eigenvalue weighted by molar-refractivity contribution is -0.130. The van der Waals surface area contributed by atoms with Crippen molar-refractivity contribution in [3.05, 3.63) is 65.5 Å². The van der Waals surface area contributed by atoms with Crippen molar-refractivity contribution in [1.29, 1.82) is 0 Å². The first-order valence-corrected chi connectivity index (χ1v) is 8.46. The first kappa shape index (κ1) is 19.4. The van der Waals surface area contributed by atoms with Gasteiger partial charge in [-0.15, -0.1) is 0 Å². The monoisotopic (exact) mass is 391 g/mol. The minimum absolute atomic E-state index is 0.352. The quantitative estimate of drug-likeness (QED) is 0.587. The van der Waals surface area contributed by atoms with E-state index >= 15 is 0 Å². The third-order valence-corrected chi connectivity index (χ3v) is 4.28. The van der Waals surface area contributed by atoms with Crippen molar-refractivity contribution in [2.24, 2.45) is 0 Å². The average Bonchev–Trinajstić information content (AvgIpc) is 2.95. The Balaban J connectivity index is 1.59. The van der Waals surface area contributed by atoms with E-state index in [1.807, 2.05) is 35.6 Å². The first-order chi connectivity index (χ1) is 13.4. The van der Waals surface area contributed by atoms with Crippen molar-refractivity contribution in [1.82, 2.24) is 10.2 Å². The Kier molecular flexibility index (Phi) is 5.62. The summed E-state index contributed by atoms with van der Waals surface area (Å²) in [6.45, 7) is -0.676. The van der Waals surface area contributed by atoms with Crippen LogP contribution in [-0.2, 0) is 16.0 Å². The molecule has 1 saturated heterocycles. The lowest BCUT2D eigenvalue weighted by atomic mass is 10.1. The largest absolute Gasteiger partial charge is 0.326 e. The molecule has 1 aliphatic heterocycles. The molecule has 0 aliphatic carbocycles. The Morgan fingerprint density at radius 1 is 1.04 bits per heavy atom. The number of hydrogen-bond donors (Lipinski definition) is 2. The molecule has 2 N–H and O–H groups in total. The summed E-state index contributed by atoms with van der Waals surface area (Å²) in [5, 5.41) is 4.52. The van der Waals surface area contributed by atoms with Gasteiger partial charge in [-0.3, -0.25) is 14.5 Å². The minimum atomic E-state index is -1.73. The van der Waals surface area contributed by atoms with Gasteiger partial charge in [0.2, 0.25) is 5.91 Å². The van der Waals surface area contributed by atoms with Gasteiger partial charge < -0.3 is 10.6 Å². The van der Waals surface area contributed by atoms with Crippen LogP contribution in [0.4, 0.5) is 23.7 Å². The number of benzene rings is 2. The second kappa shape index (κ2) is 8.12. The van der Waals surface area contributed by atoms with Gasteiger partial charge in [-0.05, 0) is 30.5 Å². The molecule has 0 aromatic heterocycles. The van der Waals surface area contributed by atoms with Gasteiger partial charge in [0, 0.05) is 0 Å². The highest BCUT2D eigenvalue weighted by Crippen LogP contribution is 2.20. The van der Waals surface area contributed by atoms with Crippen LogP contribution < -0.4 is 10.6 Å². The van der Waals surface area contributed by atoms with E-state index in [-0.39, 0.29) is 0 Å². The molecule has 0 bridgehead atoms. The van der Waals surface area contributed by atoms with Crippen LogP contribution in [-0.4, -0.2) is 35.3 Å². The molecule has 1 heterocycles. The first-order valence-electron chi connectivity index (χ1n) is 8.46. The summed E-state index contributed by atoms with van der Waals surface area (Å²) in [6, 6.07) is 9.34. The van der Waals surface area contributed by atoms with Crippen LogP contribution in [0.2, 0.25) is 0 Å². The summed E-state index contributed by atoms with van der Waals surface area (Å²) in [5.74, 6) is -6.19. The molecule has 3 rings (SSSR count). The maximum absolute atomic E-state index is 13.6. The summed E-state index contributed by atoms with van der Waals surface area (Å²) >= 11 is 0. The topological polar surface area (TPSA) is 78.5 Å². The highest BCUT2D eigenvalue weighted by atomic mass is 19.2. The highest BCUT2D eigenvalue weighted by Gasteiger charge is 2.38. The molecule has 9 heteroatoms. The van der Waals surface area contributed by atoms with Crippen LogP contribution in [0.25, 0.3) is 0 Å². The minimum Gasteiger partial charge on any atom is -0.326 e. The standard InChI is InChI=1S/C19H16F3N3O3/c20-12-7-9-13(17(22)16(12)21)23-15(26)10-25-18(27)14(24-19(25)28)8-6-11-4-2-1-3-5-11/h1-5,7,9,14H,6,8,10H2,(H,23,26)(H,24,28)/t14-/m0/s1. The summed E-state index contributed by atoms with van der Waals surface area (Å²) in [7, 11) is 0. The molecule has 1 fully saturated rings. The van der Waals surface area contributed by atoms with Crippen molar-refractivity contribution >= 4 is 23.5 Å². The maximum atomic E-state index is 13.6. The SMILES string of the molecule is O=C(CN1C(=O)N[C@@H](CCc2ccccc2)C1=O)Nc1ccc(F)c(F)c1F. The maximum Gasteiger partial charge on any atom is 0.325 e. The van der Waals surface area contributed by atoms with Crippen LogP contribution >= 0.6 is 0 Å². The predicted octanol–water partition coefficient (Wildman–Crippen LogP) is 2.60. The lowest BCUT2D eigenvalue weighted by Gasteiger charge is -2.13. The average molecular weight is 391 g/mol. The van der Waals surface area contributed by atoms with Gasteiger partial charge in [-0.1, -0.05) is 30.3 Å². The molecule has 28 heavy (non-hydrogen) atoms. The van der Waals surface area contributed by atoms with Gasteiger partial charge in [0.25, 0.3) is 5.91 Å². The third-order valence-electron chi connectivity index (χ3n) is 4.28. The number of hydrogen-bond acceptors (Lipinski definition) is 3. The fraction of sp³-hybridized carbons (Fsp3) is 0.211. The number of amides is 4. The molecular formula is C19H16F3N3O3. The van der Waals surface area contributed by atoms with E-state index in [2.05, 4.69) is 5.32 Å². The molecular weight excluding hydrogens is 375 g/mol. The van der Waals surface area contributed by atoms with Crippen molar-refractivity contribution < 1.29 is 27.6 Å². The molecule has 0 saturated carbocycles. The second-order valence-electron chi connectivity index (χ2n) is 6.22. The van der Waals surface area contributed by atoms with Crippen LogP contribution in [0, 0.1) is 17.5 Å². The van der Waals surface area contributed by atoms with Crippen molar-refractivity contribution in [2.75, 3.05) is 11.9 Å². The van der Waals surface area contributed by atoms with E-state index in [1.165, 1.54) is 0 Å². The lowest BCUT2D eigenvalue weighted by Crippen LogP contribution is -2.38.